The van der Waals surface area contributed by atoms with Crippen molar-refractivity contribution in [2.45, 2.75) is 52.9 Å². The Morgan fingerprint density at radius 1 is 1.06 bits per heavy atom. The van der Waals surface area contributed by atoms with Crippen LogP contribution in [0.15, 0.2) is 12.3 Å². The Bertz CT molecular complexity index is 497. The van der Waals surface area contributed by atoms with Gasteiger partial charge in [0.25, 0.3) is 0 Å². The lowest BCUT2D eigenvalue weighted by atomic mass is 9.86. The first-order valence-corrected chi connectivity index (χ1v) is 6.52. The first-order valence-electron chi connectivity index (χ1n) is 6.52. The summed E-state index contributed by atoms with van der Waals surface area (Å²) in [4.78, 5) is 4.54. The summed E-state index contributed by atoms with van der Waals surface area (Å²) in [6.07, 6.45) is 8.37. The van der Waals surface area contributed by atoms with E-state index in [9.17, 15) is 0 Å². The molecule has 0 saturated heterocycles. The lowest BCUT2D eigenvalue weighted by molar-refractivity contribution is 0.774. The molecule has 0 unspecified atom stereocenters. The summed E-state index contributed by atoms with van der Waals surface area (Å²) in [6, 6.07) is 2.20. The third-order valence-corrected chi connectivity index (χ3v) is 3.52. The quantitative estimate of drug-likeness (QED) is 0.648. The molecule has 0 aromatic carbocycles. The highest BCUT2D eigenvalue weighted by Gasteiger charge is 2.15. The summed E-state index contributed by atoms with van der Waals surface area (Å²) in [5, 5.41) is 2.81. The third-order valence-electron chi connectivity index (χ3n) is 3.52. The van der Waals surface area contributed by atoms with Crippen LogP contribution in [0.3, 0.4) is 0 Å². The largest absolute Gasteiger partial charge is 0.256 e. The van der Waals surface area contributed by atoms with Gasteiger partial charge in [0, 0.05) is 11.4 Å². The van der Waals surface area contributed by atoms with Crippen LogP contribution in [0, 0.1) is 0 Å². The van der Waals surface area contributed by atoms with E-state index in [2.05, 4.69) is 18.0 Å². The van der Waals surface area contributed by atoms with Crippen LogP contribution in [-0.2, 0) is 6.42 Å². The van der Waals surface area contributed by atoms with Crippen molar-refractivity contribution in [1.82, 2.24) is 4.98 Å². The normalized spacial score (nSPS) is 17.4. The fourth-order valence-corrected chi connectivity index (χ4v) is 2.75. The molecular formula is C15H21N. The second-order valence-corrected chi connectivity index (χ2v) is 4.43. The van der Waals surface area contributed by atoms with Gasteiger partial charge in [0.05, 0.1) is 5.35 Å². The van der Waals surface area contributed by atoms with E-state index in [1.54, 1.807) is 5.57 Å². The number of pyridine rings is 1. The molecule has 1 aromatic heterocycles. The molecule has 0 fully saturated rings. The minimum Gasteiger partial charge on any atom is -0.256 e. The standard InChI is InChI=1S/C13H15N.C2H6/c1-9-5-6-10-3-2-4-11-7-8-14-13(9)12(10)11;1-2/h7-8H,2-6H2,1H3;1-2H3. The number of hydrogen-bond acceptors (Lipinski definition) is 1. The van der Waals surface area contributed by atoms with Crippen molar-refractivity contribution >= 4 is 11.1 Å². The van der Waals surface area contributed by atoms with Crippen LogP contribution in [0.25, 0.3) is 11.1 Å². The monoisotopic (exact) mass is 215 g/mol. The maximum Gasteiger partial charge on any atom is 0.0693 e. The molecule has 1 heterocycles. The number of aromatic nitrogens is 1. The van der Waals surface area contributed by atoms with Crippen LogP contribution >= 0.6 is 0 Å². The average molecular weight is 215 g/mol. The molecule has 86 valence electrons. The summed E-state index contributed by atoms with van der Waals surface area (Å²) in [5.74, 6) is 0. The van der Waals surface area contributed by atoms with Crippen LogP contribution in [0.4, 0.5) is 0 Å². The number of aryl methyl sites for hydroxylation is 1. The van der Waals surface area contributed by atoms with E-state index in [4.69, 9.17) is 0 Å². The minimum absolute atomic E-state index is 1.22. The predicted octanol–water partition coefficient (Wildman–Crippen LogP) is 2.56. The SMILES string of the molecule is CC.CC1=c2nccc3c2=C(CCC3)CC1. The maximum absolute atomic E-state index is 4.54. The molecule has 0 spiro atoms. The van der Waals surface area contributed by atoms with Crippen molar-refractivity contribution in [3.05, 3.63) is 28.4 Å². The lowest BCUT2D eigenvalue weighted by Crippen LogP contribution is -2.39. The number of rotatable bonds is 0. The summed E-state index contributed by atoms with van der Waals surface area (Å²) in [5.41, 5.74) is 4.68. The molecule has 1 nitrogen and oxygen atoms in total. The molecule has 0 radical (unpaired) electrons. The average Bonchev–Trinajstić information content (AvgIpc) is 2.37. The van der Waals surface area contributed by atoms with Gasteiger partial charge in [0.2, 0.25) is 0 Å². The van der Waals surface area contributed by atoms with Crippen molar-refractivity contribution < 1.29 is 0 Å². The number of nitrogens with zero attached hydrogens (tertiary/aromatic N) is 1. The van der Waals surface area contributed by atoms with Crippen molar-refractivity contribution in [3.8, 4) is 0 Å². The van der Waals surface area contributed by atoms with E-state index in [0.29, 0.717) is 0 Å². The van der Waals surface area contributed by atoms with Crippen LogP contribution in [0.5, 0.6) is 0 Å². The fraction of sp³-hybridized carbons (Fsp3) is 0.533. The summed E-state index contributed by atoms with van der Waals surface area (Å²) < 4.78 is 0. The molecule has 2 aliphatic carbocycles. The van der Waals surface area contributed by atoms with E-state index in [-0.39, 0.29) is 0 Å². The highest BCUT2D eigenvalue weighted by atomic mass is 14.6. The second-order valence-electron chi connectivity index (χ2n) is 4.43. The van der Waals surface area contributed by atoms with E-state index in [1.807, 2.05) is 20.0 Å². The molecule has 16 heavy (non-hydrogen) atoms. The van der Waals surface area contributed by atoms with Crippen LogP contribution in [0.1, 0.15) is 52.0 Å². The molecule has 3 rings (SSSR count). The van der Waals surface area contributed by atoms with Gasteiger partial charge in [-0.15, -0.1) is 0 Å². The highest BCUT2D eigenvalue weighted by Crippen LogP contribution is 2.22. The topological polar surface area (TPSA) is 12.9 Å². The fourth-order valence-electron chi connectivity index (χ4n) is 2.75. The van der Waals surface area contributed by atoms with Crippen molar-refractivity contribution in [1.29, 1.82) is 0 Å². The zero-order valence-electron chi connectivity index (χ0n) is 10.6. The lowest BCUT2D eigenvalue weighted by Gasteiger charge is -2.20. The van der Waals surface area contributed by atoms with E-state index in [1.165, 1.54) is 53.8 Å². The van der Waals surface area contributed by atoms with Gasteiger partial charge in [0.1, 0.15) is 0 Å². The molecule has 0 atom stereocenters. The summed E-state index contributed by atoms with van der Waals surface area (Å²) in [7, 11) is 0. The molecule has 1 aromatic rings. The summed E-state index contributed by atoms with van der Waals surface area (Å²) >= 11 is 0. The van der Waals surface area contributed by atoms with Crippen LogP contribution in [-0.4, -0.2) is 4.98 Å². The van der Waals surface area contributed by atoms with Crippen LogP contribution < -0.4 is 10.6 Å². The highest BCUT2D eigenvalue weighted by molar-refractivity contribution is 5.58. The molecule has 2 aliphatic rings. The Morgan fingerprint density at radius 3 is 2.69 bits per heavy atom. The van der Waals surface area contributed by atoms with Crippen molar-refractivity contribution in [3.63, 3.8) is 0 Å². The Labute approximate surface area is 97.9 Å². The second kappa shape index (κ2) is 4.82. The maximum atomic E-state index is 4.54. The van der Waals surface area contributed by atoms with Gasteiger partial charge in [-0.2, -0.15) is 0 Å². The molecule has 0 aliphatic heterocycles. The van der Waals surface area contributed by atoms with Crippen LogP contribution in [0.2, 0.25) is 0 Å². The van der Waals surface area contributed by atoms with Crippen molar-refractivity contribution in [2.24, 2.45) is 0 Å². The zero-order chi connectivity index (χ0) is 11.5. The Morgan fingerprint density at radius 2 is 1.88 bits per heavy atom. The molecule has 0 amide bonds. The van der Waals surface area contributed by atoms with Gasteiger partial charge < -0.3 is 0 Å². The molecule has 0 bridgehead atoms. The van der Waals surface area contributed by atoms with E-state index >= 15 is 0 Å². The smallest absolute Gasteiger partial charge is 0.0693 e. The van der Waals surface area contributed by atoms with Crippen molar-refractivity contribution in [2.75, 3.05) is 0 Å². The minimum atomic E-state index is 1.22. The van der Waals surface area contributed by atoms with E-state index < -0.39 is 0 Å². The third kappa shape index (κ3) is 1.79. The van der Waals surface area contributed by atoms with Gasteiger partial charge in [-0.25, -0.2) is 0 Å². The Kier molecular flexibility index (Phi) is 3.42. The molecular weight excluding hydrogens is 194 g/mol. The Balaban J connectivity index is 0.000000457. The van der Waals surface area contributed by atoms with Gasteiger partial charge in [-0.05, 0) is 56.2 Å². The Hall–Kier alpha value is -1.11. The zero-order valence-corrected chi connectivity index (χ0v) is 10.6. The predicted molar refractivity (Wildman–Crippen MR) is 69.5 cm³/mol. The van der Waals surface area contributed by atoms with Gasteiger partial charge in [-0.3, -0.25) is 4.98 Å². The summed E-state index contributed by atoms with van der Waals surface area (Å²) in [6.45, 7) is 6.23. The van der Waals surface area contributed by atoms with Gasteiger partial charge in [-0.1, -0.05) is 19.4 Å². The molecule has 0 saturated carbocycles. The first-order chi connectivity index (χ1) is 7.86. The number of hydrogen-bond donors (Lipinski definition) is 0. The molecule has 0 N–H and O–H groups in total. The van der Waals surface area contributed by atoms with Gasteiger partial charge >= 0.3 is 0 Å². The van der Waals surface area contributed by atoms with Gasteiger partial charge in [0.15, 0.2) is 0 Å². The van der Waals surface area contributed by atoms with E-state index in [0.717, 1.165) is 0 Å². The first kappa shape index (κ1) is 11.4. The molecule has 1 heteroatoms.